The van der Waals surface area contributed by atoms with Crippen LogP contribution in [0.2, 0.25) is 0 Å². The van der Waals surface area contributed by atoms with E-state index < -0.39 is 5.82 Å². The number of carbonyl (C=O) groups excluding carboxylic acids is 1. The number of halogens is 1. The molecule has 4 aromatic rings. The summed E-state index contributed by atoms with van der Waals surface area (Å²) in [4.78, 5) is 34.2. The van der Waals surface area contributed by atoms with Crippen molar-refractivity contribution in [3.05, 3.63) is 81.5 Å². The SMILES string of the molecule is Cc1ccc(OCC(=O)N2CCN(Cc3cc(=O)n4nc(-c5ccccc5F)sc4n3)CC2)cc1C. The monoisotopic (exact) mass is 507 g/mol. The van der Waals surface area contributed by atoms with E-state index in [0.717, 1.165) is 5.56 Å². The van der Waals surface area contributed by atoms with Gasteiger partial charge in [-0.05, 0) is 49.2 Å². The van der Waals surface area contributed by atoms with Gasteiger partial charge < -0.3 is 9.64 Å². The second-order valence-corrected chi connectivity index (χ2v) is 9.81. The molecule has 1 saturated heterocycles. The molecule has 186 valence electrons. The molecule has 2 aromatic carbocycles. The minimum Gasteiger partial charge on any atom is -0.484 e. The normalized spacial score (nSPS) is 14.4. The Kier molecular flexibility index (Phi) is 6.80. The number of amides is 1. The summed E-state index contributed by atoms with van der Waals surface area (Å²) in [6.07, 6.45) is 0. The third kappa shape index (κ3) is 5.14. The molecule has 0 spiro atoms. The van der Waals surface area contributed by atoms with Crippen LogP contribution in [0.1, 0.15) is 16.8 Å². The van der Waals surface area contributed by atoms with E-state index in [1.807, 2.05) is 32.0 Å². The van der Waals surface area contributed by atoms with E-state index in [1.165, 1.54) is 33.5 Å². The molecule has 1 aliphatic heterocycles. The van der Waals surface area contributed by atoms with Gasteiger partial charge in [-0.25, -0.2) is 9.37 Å². The Morgan fingerprint density at radius 2 is 1.83 bits per heavy atom. The third-order valence-corrected chi connectivity index (χ3v) is 7.30. The molecule has 1 aliphatic rings. The molecule has 3 heterocycles. The van der Waals surface area contributed by atoms with Crippen LogP contribution in [0.25, 0.3) is 15.5 Å². The summed E-state index contributed by atoms with van der Waals surface area (Å²) in [6, 6.07) is 13.6. The Morgan fingerprint density at radius 3 is 2.58 bits per heavy atom. The Hall–Kier alpha value is -3.63. The number of aromatic nitrogens is 3. The van der Waals surface area contributed by atoms with Crippen molar-refractivity contribution in [3.8, 4) is 16.3 Å². The molecule has 2 aromatic heterocycles. The molecule has 0 bridgehead atoms. The topological polar surface area (TPSA) is 80.0 Å². The zero-order chi connectivity index (χ0) is 25.2. The maximum Gasteiger partial charge on any atom is 0.275 e. The lowest BCUT2D eigenvalue weighted by molar-refractivity contribution is -0.135. The lowest BCUT2D eigenvalue weighted by atomic mass is 10.1. The highest BCUT2D eigenvalue weighted by Gasteiger charge is 2.22. The van der Waals surface area contributed by atoms with Gasteiger partial charge in [-0.3, -0.25) is 14.5 Å². The van der Waals surface area contributed by atoms with E-state index in [0.29, 0.717) is 59.7 Å². The number of hydrogen-bond donors (Lipinski definition) is 0. The smallest absolute Gasteiger partial charge is 0.275 e. The summed E-state index contributed by atoms with van der Waals surface area (Å²) >= 11 is 1.18. The summed E-state index contributed by atoms with van der Waals surface area (Å²) < 4.78 is 21.1. The highest BCUT2D eigenvalue weighted by atomic mass is 32.1. The molecule has 0 N–H and O–H groups in total. The first kappa shape index (κ1) is 24.1. The molecule has 36 heavy (non-hydrogen) atoms. The van der Waals surface area contributed by atoms with E-state index in [4.69, 9.17) is 4.74 Å². The van der Waals surface area contributed by atoms with Crippen molar-refractivity contribution >= 4 is 22.2 Å². The largest absolute Gasteiger partial charge is 0.484 e. The molecule has 5 rings (SSSR count). The average Bonchev–Trinajstić information content (AvgIpc) is 3.30. The molecule has 0 saturated carbocycles. The van der Waals surface area contributed by atoms with Gasteiger partial charge in [0.05, 0.1) is 5.69 Å². The summed E-state index contributed by atoms with van der Waals surface area (Å²) in [7, 11) is 0. The minimum atomic E-state index is -0.392. The molecule has 10 heteroatoms. The molecule has 0 atom stereocenters. The van der Waals surface area contributed by atoms with Crippen molar-refractivity contribution in [2.45, 2.75) is 20.4 Å². The van der Waals surface area contributed by atoms with Crippen molar-refractivity contribution in [3.63, 3.8) is 0 Å². The number of fused-ring (bicyclic) bond motifs is 1. The Balaban J connectivity index is 1.19. The van der Waals surface area contributed by atoms with Crippen LogP contribution in [0.5, 0.6) is 5.75 Å². The van der Waals surface area contributed by atoms with Crippen LogP contribution in [0, 0.1) is 19.7 Å². The molecule has 0 unspecified atom stereocenters. The number of piperazine rings is 1. The van der Waals surface area contributed by atoms with Gasteiger partial charge in [-0.2, -0.15) is 9.61 Å². The van der Waals surface area contributed by atoms with Gasteiger partial charge in [0.15, 0.2) is 11.6 Å². The van der Waals surface area contributed by atoms with Gasteiger partial charge in [-0.15, -0.1) is 0 Å². The van der Waals surface area contributed by atoms with Gasteiger partial charge in [0.25, 0.3) is 11.5 Å². The highest BCUT2D eigenvalue weighted by molar-refractivity contribution is 7.19. The maximum absolute atomic E-state index is 14.2. The Bertz CT molecular complexity index is 1480. The number of benzene rings is 2. The molecule has 8 nitrogen and oxygen atoms in total. The number of hydrogen-bond acceptors (Lipinski definition) is 7. The quantitative estimate of drug-likeness (QED) is 0.399. The summed E-state index contributed by atoms with van der Waals surface area (Å²) in [6.45, 7) is 7.03. The third-order valence-electron chi connectivity index (χ3n) is 6.35. The fraction of sp³-hybridized carbons (Fsp3) is 0.308. The molecule has 0 radical (unpaired) electrons. The summed E-state index contributed by atoms with van der Waals surface area (Å²) in [5.74, 6) is 0.256. The van der Waals surface area contributed by atoms with E-state index in [9.17, 15) is 14.0 Å². The fourth-order valence-electron chi connectivity index (χ4n) is 4.11. The lowest BCUT2D eigenvalue weighted by Gasteiger charge is -2.34. The van der Waals surface area contributed by atoms with Crippen molar-refractivity contribution in [1.29, 1.82) is 0 Å². The maximum atomic E-state index is 14.2. The summed E-state index contributed by atoms with van der Waals surface area (Å²) in [5.41, 5.74) is 2.98. The molecular weight excluding hydrogens is 481 g/mol. The van der Waals surface area contributed by atoms with Crippen molar-refractivity contribution in [2.75, 3.05) is 32.8 Å². The Morgan fingerprint density at radius 1 is 1.06 bits per heavy atom. The average molecular weight is 508 g/mol. The van der Waals surface area contributed by atoms with Crippen LogP contribution < -0.4 is 10.3 Å². The van der Waals surface area contributed by atoms with E-state index >= 15 is 0 Å². The predicted molar refractivity (Wildman–Crippen MR) is 136 cm³/mol. The van der Waals surface area contributed by atoms with Crippen LogP contribution >= 0.6 is 11.3 Å². The first-order chi connectivity index (χ1) is 17.4. The first-order valence-electron chi connectivity index (χ1n) is 11.7. The predicted octanol–water partition coefficient (Wildman–Crippen LogP) is 3.30. The fourth-order valence-corrected chi connectivity index (χ4v) is 5.06. The van der Waals surface area contributed by atoms with E-state index in [2.05, 4.69) is 15.0 Å². The molecule has 0 aliphatic carbocycles. The van der Waals surface area contributed by atoms with Crippen molar-refractivity contribution < 1.29 is 13.9 Å². The number of nitrogens with zero attached hydrogens (tertiary/aromatic N) is 5. The van der Waals surface area contributed by atoms with E-state index in [-0.39, 0.29) is 18.1 Å². The first-order valence-corrected chi connectivity index (χ1v) is 12.5. The van der Waals surface area contributed by atoms with Crippen LogP contribution in [0.4, 0.5) is 4.39 Å². The van der Waals surface area contributed by atoms with E-state index in [1.54, 1.807) is 23.1 Å². The minimum absolute atomic E-state index is 0.00715. The number of aryl methyl sites for hydroxylation is 2. The number of carbonyl (C=O) groups is 1. The van der Waals surface area contributed by atoms with Crippen LogP contribution in [0.3, 0.4) is 0 Å². The summed E-state index contributed by atoms with van der Waals surface area (Å²) in [5, 5.41) is 4.67. The van der Waals surface area contributed by atoms with Gasteiger partial charge in [0, 0.05) is 44.4 Å². The number of ether oxygens (including phenoxy) is 1. The Labute approximate surface area is 211 Å². The zero-order valence-electron chi connectivity index (χ0n) is 20.1. The van der Waals surface area contributed by atoms with Gasteiger partial charge in [0.2, 0.25) is 4.96 Å². The standard InChI is InChI=1S/C26H26FN5O3S/c1-17-7-8-20(13-18(17)2)35-16-24(34)31-11-9-30(10-12-31)15-19-14-23(33)32-26(28-19)36-25(29-32)21-5-3-4-6-22(21)27/h3-8,13-14H,9-12,15-16H2,1-2H3. The second-order valence-electron chi connectivity index (χ2n) is 8.86. The molecule has 1 amide bonds. The molecular formula is C26H26FN5O3S. The van der Waals surface area contributed by atoms with Crippen LogP contribution in [-0.4, -0.2) is 63.1 Å². The highest BCUT2D eigenvalue weighted by Crippen LogP contribution is 2.26. The van der Waals surface area contributed by atoms with Crippen LogP contribution in [-0.2, 0) is 11.3 Å². The molecule has 1 fully saturated rings. The zero-order valence-corrected chi connectivity index (χ0v) is 20.9. The van der Waals surface area contributed by atoms with Crippen LogP contribution in [0.15, 0.2) is 53.3 Å². The van der Waals surface area contributed by atoms with Crippen molar-refractivity contribution in [1.82, 2.24) is 24.4 Å². The van der Waals surface area contributed by atoms with Gasteiger partial charge in [-0.1, -0.05) is 29.5 Å². The lowest BCUT2D eigenvalue weighted by Crippen LogP contribution is -2.49. The van der Waals surface area contributed by atoms with Gasteiger partial charge in [0.1, 0.15) is 11.6 Å². The van der Waals surface area contributed by atoms with Crippen molar-refractivity contribution in [2.24, 2.45) is 0 Å². The number of rotatable bonds is 6. The second kappa shape index (κ2) is 10.2. The van der Waals surface area contributed by atoms with Gasteiger partial charge >= 0.3 is 0 Å².